The van der Waals surface area contributed by atoms with E-state index in [1.165, 1.54) is 11.1 Å². The van der Waals surface area contributed by atoms with Gasteiger partial charge in [-0.05, 0) is 29.7 Å². The Morgan fingerprint density at radius 3 is 2.53 bits per heavy atom. The SMILES string of the molecule is O=C1CC(C(=O)N2CCN(Cc3ccc4c(c3)OCO4)CC2)CN1CCc1ccccc1. The van der Waals surface area contributed by atoms with E-state index < -0.39 is 0 Å². The number of likely N-dealkylation sites (tertiary alicyclic amines) is 1. The van der Waals surface area contributed by atoms with E-state index in [4.69, 9.17) is 9.47 Å². The Kier molecular flexibility index (Phi) is 5.99. The molecule has 0 saturated carbocycles. The Morgan fingerprint density at radius 2 is 1.72 bits per heavy atom. The number of fused-ring (bicyclic) bond motifs is 1. The standard InChI is InChI=1S/C25H29N3O4/c29-24-15-21(17-28(24)9-8-19-4-2-1-3-5-19)25(30)27-12-10-26(11-13-27)16-20-6-7-22-23(14-20)32-18-31-22/h1-7,14,21H,8-13,15-18H2. The molecule has 2 saturated heterocycles. The number of rotatable bonds is 6. The van der Waals surface area contributed by atoms with Crippen LogP contribution in [-0.4, -0.2) is 72.6 Å². The van der Waals surface area contributed by atoms with Gasteiger partial charge in [-0.15, -0.1) is 0 Å². The van der Waals surface area contributed by atoms with Crippen LogP contribution in [0.25, 0.3) is 0 Å². The number of hydrogen-bond donors (Lipinski definition) is 0. The molecule has 0 bridgehead atoms. The monoisotopic (exact) mass is 435 g/mol. The summed E-state index contributed by atoms with van der Waals surface area (Å²) in [4.78, 5) is 31.7. The van der Waals surface area contributed by atoms with Gasteiger partial charge in [-0.2, -0.15) is 0 Å². The normalized spacial score (nSPS) is 20.8. The predicted octanol–water partition coefficient (Wildman–Crippen LogP) is 2.15. The van der Waals surface area contributed by atoms with E-state index in [-0.39, 0.29) is 24.5 Å². The molecular formula is C25H29N3O4. The molecule has 2 fully saturated rings. The number of piperazine rings is 1. The van der Waals surface area contributed by atoms with E-state index in [0.717, 1.165) is 37.6 Å². The van der Waals surface area contributed by atoms with E-state index in [9.17, 15) is 9.59 Å². The fourth-order valence-electron chi connectivity index (χ4n) is 4.74. The predicted molar refractivity (Wildman–Crippen MR) is 119 cm³/mol. The average molecular weight is 436 g/mol. The molecule has 2 aromatic rings. The fraction of sp³-hybridized carbons (Fsp3) is 0.440. The lowest BCUT2D eigenvalue weighted by atomic mass is 10.1. The van der Waals surface area contributed by atoms with Gasteiger partial charge in [0.15, 0.2) is 11.5 Å². The van der Waals surface area contributed by atoms with E-state index in [1.54, 1.807) is 0 Å². The van der Waals surface area contributed by atoms with Gasteiger partial charge in [0.25, 0.3) is 0 Å². The molecular weight excluding hydrogens is 406 g/mol. The van der Waals surface area contributed by atoms with Crippen LogP contribution in [0.3, 0.4) is 0 Å². The molecule has 3 heterocycles. The molecule has 2 amide bonds. The molecule has 168 valence electrons. The first kappa shape index (κ1) is 20.8. The first-order chi connectivity index (χ1) is 15.7. The van der Waals surface area contributed by atoms with Crippen molar-refractivity contribution in [3.63, 3.8) is 0 Å². The molecule has 3 aliphatic heterocycles. The summed E-state index contributed by atoms with van der Waals surface area (Å²) in [7, 11) is 0. The molecule has 0 aliphatic carbocycles. The Labute approximate surface area is 188 Å². The average Bonchev–Trinajstić information content (AvgIpc) is 3.44. The van der Waals surface area contributed by atoms with Gasteiger partial charge >= 0.3 is 0 Å². The second-order valence-corrected chi connectivity index (χ2v) is 8.77. The summed E-state index contributed by atoms with van der Waals surface area (Å²) in [5, 5.41) is 0. The van der Waals surface area contributed by atoms with Crippen molar-refractivity contribution in [1.29, 1.82) is 0 Å². The molecule has 0 N–H and O–H groups in total. The highest BCUT2D eigenvalue weighted by atomic mass is 16.7. The van der Waals surface area contributed by atoms with Gasteiger partial charge in [0.1, 0.15) is 0 Å². The van der Waals surface area contributed by atoms with Crippen molar-refractivity contribution in [3.8, 4) is 11.5 Å². The van der Waals surface area contributed by atoms with Crippen molar-refractivity contribution in [3.05, 3.63) is 59.7 Å². The minimum atomic E-state index is -0.210. The maximum absolute atomic E-state index is 13.1. The van der Waals surface area contributed by atoms with Crippen LogP contribution < -0.4 is 9.47 Å². The van der Waals surface area contributed by atoms with Crippen molar-refractivity contribution in [2.24, 2.45) is 5.92 Å². The summed E-state index contributed by atoms with van der Waals surface area (Å²) in [6.45, 7) is 5.41. The Hall–Kier alpha value is -3.06. The highest BCUT2D eigenvalue weighted by Crippen LogP contribution is 2.33. The van der Waals surface area contributed by atoms with Crippen LogP contribution in [-0.2, 0) is 22.6 Å². The zero-order valence-corrected chi connectivity index (χ0v) is 18.2. The first-order valence-electron chi connectivity index (χ1n) is 11.4. The summed E-state index contributed by atoms with van der Waals surface area (Å²) in [6, 6.07) is 16.2. The van der Waals surface area contributed by atoms with Crippen molar-refractivity contribution < 1.29 is 19.1 Å². The summed E-state index contributed by atoms with van der Waals surface area (Å²) in [6.07, 6.45) is 1.16. The van der Waals surface area contributed by atoms with E-state index in [0.29, 0.717) is 32.6 Å². The quantitative estimate of drug-likeness (QED) is 0.696. The molecule has 0 aromatic heterocycles. The minimum absolute atomic E-state index is 0.0979. The molecule has 3 aliphatic rings. The number of carbonyl (C=O) groups is 2. The number of amides is 2. The number of benzene rings is 2. The van der Waals surface area contributed by atoms with E-state index in [1.807, 2.05) is 40.1 Å². The van der Waals surface area contributed by atoms with Gasteiger partial charge in [-0.3, -0.25) is 14.5 Å². The molecule has 1 atom stereocenters. The van der Waals surface area contributed by atoms with Gasteiger partial charge in [0.2, 0.25) is 18.6 Å². The second kappa shape index (κ2) is 9.20. The maximum Gasteiger partial charge on any atom is 0.231 e. The molecule has 1 unspecified atom stereocenters. The summed E-state index contributed by atoms with van der Waals surface area (Å²) in [5.74, 6) is 1.62. The molecule has 7 heteroatoms. The number of hydrogen-bond acceptors (Lipinski definition) is 5. The Morgan fingerprint density at radius 1 is 0.938 bits per heavy atom. The second-order valence-electron chi connectivity index (χ2n) is 8.77. The van der Waals surface area contributed by atoms with Gasteiger partial charge in [-0.25, -0.2) is 0 Å². The first-order valence-corrected chi connectivity index (χ1v) is 11.4. The summed E-state index contributed by atoms with van der Waals surface area (Å²) in [5.41, 5.74) is 2.40. The molecule has 32 heavy (non-hydrogen) atoms. The molecule has 2 aromatic carbocycles. The van der Waals surface area contributed by atoms with Crippen LogP contribution in [0.1, 0.15) is 17.5 Å². The molecule has 0 spiro atoms. The van der Waals surface area contributed by atoms with Crippen molar-refractivity contribution in [1.82, 2.24) is 14.7 Å². The lowest BCUT2D eigenvalue weighted by Gasteiger charge is -2.36. The smallest absolute Gasteiger partial charge is 0.231 e. The van der Waals surface area contributed by atoms with Gasteiger partial charge < -0.3 is 19.3 Å². The Balaban J connectivity index is 1.09. The lowest BCUT2D eigenvalue weighted by molar-refractivity contribution is -0.137. The topological polar surface area (TPSA) is 62.3 Å². The van der Waals surface area contributed by atoms with Crippen LogP contribution in [0.5, 0.6) is 11.5 Å². The maximum atomic E-state index is 13.1. The van der Waals surface area contributed by atoms with Crippen LogP contribution in [0.15, 0.2) is 48.5 Å². The van der Waals surface area contributed by atoms with Gasteiger partial charge in [0, 0.05) is 52.2 Å². The van der Waals surface area contributed by atoms with Crippen LogP contribution in [0, 0.1) is 5.92 Å². The molecule has 7 nitrogen and oxygen atoms in total. The summed E-state index contributed by atoms with van der Waals surface area (Å²) >= 11 is 0. The van der Waals surface area contributed by atoms with Crippen molar-refractivity contribution in [2.75, 3.05) is 46.1 Å². The highest BCUT2D eigenvalue weighted by Gasteiger charge is 2.37. The van der Waals surface area contributed by atoms with E-state index >= 15 is 0 Å². The number of ether oxygens (including phenoxy) is 2. The van der Waals surface area contributed by atoms with Crippen LogP contribution in [0.2, 0.25) is 0 Å². The van der Waals surface area contributed by atoms with Crippen LogP contribution >= 0.6 is 0 Å². The summed E-state index contributed by atoms with van der Waals surface area (Å²) < 4.78 is 10.8. The van der Waals surface area contributed by atoms with Gasteiger partial charge in [-0.1, -0.05) is 36.4 Å². The molecule has 5 rings (SSSR count). The zero-order chi connectivity index (χ0) is 21.9. The van der Waals surface area contributed by atoms with Gasteiger partial charge in [0.05, 0.1) is 5.92 Å². The third-order valence-corrected chi connectivity index (χ3v) is 6.60. The molecule has 0 radical (unpaired) electrons. The number of carbonyl (C=O) groups excluding carboxylic acids is 2. The largest absolute Gasteiger partial charge is 0.454 e. The third-order valence-electron chi connectivity index (χ3n) is 6.60. The third kappa shape index (κ3) is 4.58. The fourth-order valence-corrected chi connectivity index (χ4v) is 4.74. The zero-order valence-electron chi connectivity index (χ0n) is 18.2. The Bertz CT molecular complexity index is 972. The lowest BCUT2D eigenvalue weighted by Crippen LogP contribution is -2.50. The van der Waals surface area contributed by atoms with Crippen molar-refractivity contribution >= 4 is 11.8 Å². The van der Waals surface area contributed by atoms with Crippen molar-refractivity contribution in [2.45, 2.75) is 19.4 Å². The minimum Gasteiger partial charge on any atom is -0.454 e. The van der Waals surface area contributed by atoms with Crippen LogP contribution in [0.4, 0.5) is 0 Å². The number of nitrogens with zero attached hydrogens (tertiary/aromatic N) is 3. The highest BCUT2D eigenvalue weighted by molar-refractivity contribution is 5.89. The van der Waals surface area contributed by atoms with E-state index in [2.05, 4.69) is 23.1 Å².